The highest BCUT2D eigenvalue weighted by Crippen LogP contribution is 2.24. The Morgan fingerprint density at radius 3 is 1.96 bits per heavy atom. The van der Waals surface area contributed by atoms with Gasteiger partial charge in [-0.05, 0) is 88.3 Å². The van der Waals surface area contributed by atoms with Gasteiger partial charge in [0.2, 0.25) is 53.2 Å². The summed E-state index contributed by atoms with van der Waals surface area (Å²) in [5, 5.41) is 20.7. The van der Waals surface area contributed by atoms with Crippen LogP contribution in [-0.2, 0) is 56.0 Å². The number of hydrogen-bond donors (Lipinski definition) is 12. The lowest BCUT2D eigenvalue weighted by atomic mass is 10.0. The van der Waals surface area contributed by atoms with Crippen LogP contribution in [0.2, 0.25) is 0 Å². The molecule has 1 aromatic heterocycles. The average molecular weight is 1120 g/mol. The molecule has 0 spiro atoms. The van der Waals surface area contributed by atoms with Gasteiger partial charge in [-0.1, -0.05) is 74.2 Å². The molecule has 9 amide bonds. The molecule has 3 saturated heterocycles. The fourth-order valence-corrected chi connectivity index (χ4v) is 10.7. The number of aromatic amines is 1. The minimum atomic E-state index is -1.27. The Balaban J connectivity index is 1.29. The van der Waals surface area contributed by atoms with Crippen LogP contribution in [0.5, 0.6) is 0 Å². The fraction of sp³-hybridized carbons (Fsp3) is 0.554. The molecule has 25 heteroatoms. The number of amides is 9. The van der Waals surface area contributed by atoms with E-state index in [1.807, 2.05) is 42.5 Å². The molecule has 4 heterocycles. The number of nitrogens with one attached hydrogen (secondary N) is 8. The van der Waals surface area contributed by atoms with E-state index in [9.17, 15) is 43.2 Å². The maximum atomic E-state index is 14.9. The molecule has 0 saturated carbocycles. The number of nitrogens with zero attached hydrogens (tertiary/aromatic N) is 4. The van der Waals surface area contributed by atoms with Crippen LogP contribution in [0, 0.1) is 0 Å². The molecular formula is C56H82N16O9. The maximum Gasteiger partial charge on any atom is 0.246 e. The van der Waals surface area contributed by atoms with Crippen molar-refractivity contribution in [1.29, 1.82) is 0 Å². The summed E-state index contributed by atoms with van der Waals surface area (Å²) in [5.74, 6) is -5.34. The van der Waals surface area contributed by atoms with Crippen LogP contribution >= 0.6 is 0 Å². The molecule has 25 nitrogen and oxygen atoms in total. The Hall–Kier alpha value is -8.25. The third kappa shape index (κ3) is 18.7. The summed E-state index contributed by atoms with van der Waals surface area (Å²) in [7, 11) is 0. The lowest BCUT2D eigenvalue weighted by Gasteiger charge is -2.31. The van der Waals surface area contributed by atoms with Gasteiger partial charge in [0.25, 0.3) is 0 Å². The van der Waals surface area contributed by atoms with Gasteiger partial charge in [0.15, 0.2) is 11.9 Å². The van der Waals surface area contributed by atoms with E-state index in [-0.39, 0.29) is 76.0 Å². The zero-order valence-electron chi connectivity index (χ0n) is 46.5. The van der Waals surface area contributed by atoms with E-state index in [1.54, 1.807) is 18.3 Å². The number of benzene rings is 2. The molecule has 81 heavy (non-hydrogen) atoms. The number of rotatable bonds is 17. The van der Waals surface area contributed by atoms with Crippen LogP contribution in [0.1, 0.15) is 115 Å². The first-order valence-electron chi connectivity index (χ1n) is 28.3. The van der Waals surface area contributed by atoms with Crippen molar-refractivity contribution in [2.24, 2.45) is 32.9 Å². The van der Waals surface area contributed by atoms with Crippen molar-refractivity contribution in [3.63, 3.8) is 0 Å². The first-order valence-corrected chi connectivity index (χ1v) is 28.3. The predicted molar refractivity (Wildman–Crippen MR) is 305 cm³/mol. The van der Waals surface area contributed by atoms with Crippen LogP contribution in [0.3, 0.4) is 0 Å². The molecule has 3 aromatic rings. The van der Waals surface area contributed by atoms with Gasteiger partial charge in [-0.3, -0.25) is 53.1 Å². The monoisotopic (exact) mass is 1120 g/mol. The number of fused-ring (bicyclic) bond motifs is 3. The lowest BCUT2D eigenvalue weighted by Crippen LogP contribution is -2.60. The second-order valence-electron chi connectivity index (χ2n) is 21.1. The van der Waals surface area contributed by atoms with Crippen molar-refractivity contribution in [1.82, 2.24) is 52.0 Å². The number of guanidine groups is 2. The third-order valence-electron chi connectivity index (χ3n) is 14.9. The summed E-state index contributed by atoms with van der Waals surface area (Å²) in [6, 6.07) is 7.66. The Morgan fingerprint density at radius 1 is 0.654 bits per heavy atom. The van der Waals surface area contributed by atoms with E-state index in [2.05, 4.69) is 52.2 Å². The third-order valence-corrected chi connectivity index (χ3v) is 14.9. The Bertz CT molecular complexity index is 2730. The number of carbonyl (C=O) groups excluding carboxylic acids is 9. The maximum absolute atomic E-state index is 14.9. The van der Waals surface area contributed by atoms with E-state index in [0.29, 0.717) is 88.4 Å². The van der Waals surface area contributed by atoms with Crippen LogP contribution in [0.15, 0.2) is 70.8 Å². The van der Waals surface area contributed by atoms with E-state index in [1.165, 1.54) is 23.6 Å². The molecule has 16 N–H and O–H groups in total. The summed E-state index contributed by atoms with van der Waals surface area (Å²) in [6.45, 7) is 3.92. The summed E-state index contributed by atoms with van der Waals surface area (Å²) >= 11 is 0. The molecule has 0 radical (unpaired) electrons. The van der Waals surface area contributed by atoms with Gasteiger partial charge in [0.05, 0.1) is 0 Å². The molecule has 0 bridgehead atoms. The van der Waals surface area contributed by atoms with Crippen molar-refractivity contribution in [2.75, 3.05) is 32.7 Å². The number of nitrogens with two attached hydrogens (primary N) is 4. The van der Waals surface area contributed by atoms with E-state index < -0.39 is 95.6 Å². The van der Waals surface area contributed by atoms with Crippen molar-refractivity contribution < 1.29 is 43.2 Å². The fourth-order valence-electron chi connectivity index (χ4n) is 10.7. The number of aromatic nitrogens is 1. The van der Waals surface area contributed by atoms with Crippen LogP contribution in [0.25, 0.3) is 10.9 Å². The number of H-pyrrole nitrogens is 1. The molecule has 0 unspecified atom stereocenters. The van der Waals surface area contributed by atoms with E-state index >= 15 is 0 Å². The molecule has 8 atom stereocenters. The second kappa shape index (κ2) is 30.9. The zero-order chi connectivity index (χ0) is 58.4. The summed E-state index contributed by atoms with van der Waals surface area (Å²) < 4.78 is 0. The minimum absolute atomic E-state index is 0.0164. The quantitative estimate of drug-likeness (QED) is 0.0460. The Morgan fingerprint density at radius 2 is 1.27 bits per heavy atom. The molecule has 3 aliphatic heterocycles. The van der Waals surface area contributed by atoms with Gasteiger partial charge in [-0.2, -0.15) is 0 Å². The van der Waals surface area contributed by atoms with Gasteiger partial charge in [-0.25, -0.2) is 0 Å². The first kappa shape index (κ1) is 62.0. The molecule has 6 rings (SSSR count). The number of para-hydroxylation sites is 1. The molecule has 3 fully saturated rings. The highest BCUT2D eigenvalue weighted by molar-refractivity contribution is 5.99. The standard InChI is InChI=1S/C56H82N16O9/c1-34-47(74)68-42(23-14-28-63-56(59)60)53(80)71-29-15-24-45(71)51(78)61-26-12-5-3-4-9-21-41(49(76)70-44(31-36-17-7-6-8-18-36)54(81)72-30-16-25-46(72)52(79)65-34)67-50(77)43(32-37-33-64-39-20-11-10-19-38(37)39)69-48(75)40(66-35(2)73)22-13-27-62-55(57)58/h6-8,10-11,17-20,33-34,40-46,64H,3-5,9,12-16,21-32H2,1-2H3,(H,61,78)(H,65,79)(H,66,73)(H,67,77)(H,68,74)(H,69,75)(H,70,76)(H4,57,58,62)(H4,59,60,63)/t34-,40-,41-,42-,43-,44-,45-,46-/m0/s1. The Labute approximate surface area is 472 Å². The number of hydrogen-bond acceptors (Lipinski definition) is 11. The highest BCUT2D eigenvalue weighted by Gasteiger charge is 2.41. The van der Waals surface area contributed by atoms with Crippen molar-refractivity contribution in [3.8, 4) is 0 Å². The summed E-state index contributed by atoms with van der Waals surface area (Å²) in [6.07, 6.45) is 7.59. The largest absolute Gasteiger partial charge is 0.370 e. The van der Waals surface area contributed by atoms with Crippen molar-refractivity contribution >= 4 is 76.0 Å². The molecule has 440 valence electrons. The number of aliphatic imine (C=N–C) groups is 2. The molecule has 2 aromatic carbocycles. The van der Waals surface area contributed by atoms with Crippen LogP contribution in [-0.4, -0.2) is 161 Å². The summed E-state index contributed by atoms with van der Waals surface area (Å²) in [4.78, 5) is 141. The SMILES string of the molecule is CC(=O)N[C@@H](CCCN=C(N)N)C(=O)N[C@@H](Cc1c[nH]c2ccccc12)C(=O)N[C@H]1CCCCCCCNC(=O)[C@@H]2CCCN2C(=O)[C@H](CCCN=C(N)N)NC(=O)[C@H](C)NC(=O)[C@@H]2CCCN2C(=O)[C@H](Cc2ccccc2)NC1=O. The van der Waals surface area contributed by atoms with Crippen molar-refractivity contribution in [2.45, 2.75) is 165 Å². The lowest BCUT2D eigenvalue weighted by molar-refractivity contribution is -0.143. The van der Waals surface area contributed by atoms with Crippen LogP contribution in [0.4, 0.5) is 0 Å². The van der Waals surface area contributed by atoms with E-state index in [0.717, 1.165) is 10.9 Å². The average Bonchev–Trinajstić information content (AvgIpc) is 4.26. The summed E-state index contributed by atoms with van der Waals surface area (Å²) in [5.41, 5.74) is 24.3. The van der Waals surface area contributed by atoms with Gasteiger partial charge in [0, 0.05) is 69.6 Å². The van der Waals surface area contributed by atoms with Gasteiger partial charge >= 0.3 is 0 Å². The van der Waals surface area contributed by atoms with Gasteiger partial charge in [-0.15, -0.1) is 0 Å². The van der Waals surface area contributed by atoms with Crippen molar-refractivity contribution in [3.05, 3.63) is 71.9 Å². The number of carbonyl (C=O) groups is 9. The normalized spacial score (nSPS) is 22.7. The van der Waals surface area contributed by atoms with Gasteiger partial charge < -0.3 is 74.9 Å². The second-order valence-corrected chi connectivity index (χ2v) is 21.1. The molecule has 3 aliphatic rings. The Kier molecular flexibility index (Phi) is 23.7. The highest BCUT2D eigenvalue weighted by atomic mass is 16.2. The van der Waals surface area contributed by atoms with Gasteiger partial charge in [0.1, 0.15) is 48.3 Å². The topological polar surface area (TPSA) is 389 Å². The van der Waals surface area contributed by atoms with Crippen LogP contribution < -0.4 is 60.2 Å². The minimum Gasteiger partial charge on any atom is -0.370 e. The predicted octanol–water partition coefficient (Wildman–Crippen LogP) is -0.539. The molecular weight excluding hydrogens is 1040 g/mol. The first-order chi connectivity index (χ1) is 38.9. The molecule has 0 aliphatic carbocycles. The van der Waals surface area contributed by atoms with E-state index in [4.69, 9.17) is 22.9 Å². The smallest absolute Gasteiger partial charge is 0.246 e. The zero-order valence-corrected chi connectivity index (χ0v) is 46.5.